The summed E-state index contributed by atoms with van der Waals surface area (Å²) in [5.74, 6) is 0.450. The lowest BCUT2D eigenvalue weighted by Crippen LogP contribution is -2.69. The first kappa shape index (κ1) is 30.3. The number of aryl methyl sites for hydroxylation is 3. The maximum Gasteiger partial charge on any atom is 0.176 e. The number of allylic oxidation sites excluding steroid dienone is 4. The summed E-state index contributed by atoms with van der Waals surface area (Å²) >= 11 is 0. The average Bonchev–Trinajstić information content (AvgIpc) is 3.18. The zero-order chi connectivity index (χ0) is 28.7. The van der Waals surface area contributed by atoms with Crippen LogP contribution < -0.4 is 15.6 Å². The fraction of sp³-hybridized carbons (Fsp3) is 0.436. The molecule has 0 amide bonds. The third kappa shape index (κ3) is 6.01. The number of hydrogen-bond acceptors (Lipinski definition) is 0. The van der Waals surface area contributed by atoms with Crippen LogP contribution in [-0.4, -0.2) is 8.07 Å². The van der Waals surface area contributed by atoms with Gasteiger partial charge in [-0.15, -0.1) is 0 Å². The summed E-state index contributed by atoms with van der Waals surface area (Å²) < 4.78 is 0. The van der Waals surface area contributed by atoms with Gasteiger partial charge in [0.2, 0.25) is 0 Å². The van der Waals surface area contributed by atoms with Crippen LogP contribution in [0.4, 0.5) is 0 Å². The summed E-state index contributed by atoms with van der Waals surface area (Å²) in [6.07, 6.45) is 11.0. The fourth-order valence-corrected chi connectivity index (χ4v) is 12.4. The average molecular weight is 549 g/mol. The summed E-state index contributed by atoms with van der Waals surface area (Å²) in [5.41, 5.74) is 8.97. The molecule has 1 aliphatic carbocycles. The highest BCUT2D eigenvalue weighted by molar-refractivity contribution is 7.16. The number of hydrogen-bond donors (Lipinski definition) is 0. The van der Waals surface area contributed by atoms with E-state index in [1.54, 1.807) is 10.8 Å². The summed E-state index contributed by atoms with van der Waals surface area (Å²) in [5, 5.41) is 6.27. The quantitative estimate of drug-likeness (QED) is 0.148. The molecule has 1 aliphatic rings. The Kier molecular flexibility index (Phi) is 10.5. The second-order valence-electron chi connectivity index (χ2n) is 12.2. The highest BCUT2D eigenvalue weighted by atomic mass is 28.3. The Bertz CT molecular complexity index is 1180. The monoisotopic (exact) mass is 548 g/mol. The first-order valence-electron chi connectivity index (χ1n) is 16.1. The molecule has 0 aliphatic heterocycles. The lowest BCUT2D eigenvalue weighted by atomic mass is 10.1. The third-order valence-electron chi connectivity index (χ3n) is 9.66. The van der Waals surface area contributed by atoms with E-state index in [1.165, 1.54) is 101 Å². The molecule has 40 heavy (non-hydrogen) atoms. The number of rotatable bonds is 13. The van der Waals surface area contributed by atoms with E-state index in [-0.39, 0.29) is 0 Å². The fourth-order valence-electron chi connectivity index (χ4n) is 6.84. The standard InChI is InChI=1S/C39H52Si/c1-8-11-14-33-17-23-36(24-18-33)40(39-31(6)29(4)30(5)32(39)7,37-25-19-34(20-26-37)15-12-9-2)38-27-21-35(22-28-38)16-13-10-3/h17-28,31H,8-16H2,1-7H3. The zero-order valence-corrected chi connectivity index (χ0v) is 27.4. The van der Waals surface area contributed by atoms with Crippen molar-refractivity contribution in [3.63, 3.8) is 0 Å². The van der Waals surface area contributed by atoms with Gasteiger partial charge < -0.3 is 0 Å². The first-order chi connectivity index (χ1) is 19.4. The minimum atomic E-state index is -2.53. The van der Waals surface area contributed by atoms with Crippen molar-refractivity contribution in [2.24, 2.45) is 5.92 Å². The lowest BCUT2D eigenvalue weighted by molar-refractivity contribution is 0.795. The molecular weight excluding hydrogens is 497 g/mol. The van der Waals surface area contributed by atoms with E-state index in [2.05, 4.69) is 121 Å². The van der Waals surface area contributed by atoms with Crippen LogP contribution in [0, 0.1) is 5.92 Å². The normalized spacial score (nSPS) is 15.8. The van der Waals surface area contributed by atoms with E-state index in [9.17, 15) is 0 Å². The van der Waals surface area contributed by atoms with Crippen LogP contribution in [0.1, 0.15) is 104 Å². The molecule has 0 spiro atoms. The van der Waals surface area contributed by atoms with Gasteiger partial charge in [-0.25, -0.2) is 0 Å². The van der Waals surface area contributed by atoms with Crippen LogP contribution in [0.5, 0.6) is 0 Å². The second-order valence-corrected chi connectivity index (χ2v) is 16.0. The molecule has 0 heterocycles. The molecule has 4 rings (SSSR count). The van der Waals surface area contributed by atoms with Gasteiger partial charge in [-0.3, -0.25) is 0 Å². The smallest absolute Gasteiger partial charge is 0.0654 e. The van der Waals surface area contributed by atoms with Gasteiger partial charge in [-0.05, 0) is 103 Å². The topological polar surface area (TPSA) is 0 Å². The minimum absolute atomic E-state index is 0.450. The Morgan fingerprint density at radius 1 is 0.500 bits per heavy atom. The largest absolute Gasteiger partial charge is 0.176 e. The van der Waals surface area contributed by atoms with Crippen LogP contribution in [0.3, 0.4) is 0 Å². The lowest BCUT2D eigenvalue weighted by Gasteiger charge is -2.39. The van der Waals surface area contributed by atoms with Crippen molar-refractivity contribution in [3.8, 4) is 0 Å². The number of unbranched alkanes of at least 4 members (excludes halogenated alkanes) is 3. The third-order valence-corrected chi connectivity index (χ3v) is 14.9. The molecule has 1 heteroatoms. The van der Waals surface area contributed by atoms with E-state index in [0.717, 1.165) is 0 Å². The van der Waals surface area contributed by atoms with Crippen LogP contribution in [-0.2, 0) is 19.3 Å². The molecular formula is C39H52Si. The zero-order valence-electron chi connectivity index (χ0n) is 26.4. The van der Waals surface area contributed by atoms with E-state index >= 15 is 0 Å². The predicted molar refractivity (Wildman–Crippen MR) is 180 cm³/mol. The van der Waals surface area contributed by atoms with Crippen molar-refractivity contribution >= 4 is 23.6 Å². The SMILES string of the molecule is CCCCc1ccc([Si](C2=C(C)C(C)=C(C)C2C)(c2ccc(CCCC)cc2)c2ccc(CCCC)cc2)cc1. The van der Waals surface area contributed by atoms with Gasteiger partial charge in [0.1, 0.15) is 0 Å². The molecule has 0 fully saturated rings. The Morgan fingerprint density at radius 3 is 1.07 bits per heavy atom. The van der Waals surface area contributed by atoms with E-state index < -0.39 is 8.07 Å². The van der Waals surface area contributed by atoms with Gasteiger partial charge in [-0.2, -0.15) is 0 Å². The first-order valence-corrected chi connectivity index (χ1v) is 18.1. The second kappa shape index (κ2) is 13.8. The molecule has 1 unspecified atom stereocenters. The van der Waals surface area contributed by atoms with E-state index in [4.69, 9.17) is 0 Å². The van der Waals surface area contributed by atoms with Gasteiger partial charge in [0.15, 0.2) is 8.07 Å². The van der Waals surface area contributed by atoms with Gasteiger partial charge in [0.05, 0.1) is 0 Å². The highest BCUT2D eigenvalue weighted by Gasteiger charge is 2.47. The highest BCUT2D eigenvalue weighted by Crippen LogP contribution is 2.41. The van der Waals surface area contributed by atoms with Crippen molar-refractivity contribution in [3.05, 3.63) is 111 Å². The molecule has 1 atom stereocenters. The maximum atomic E-state index is 2.50. The Labute approximate surface area is 246 Å². The molecule has 0 saturated heterocycles. The van der Waals surface area contributed by atoms with Crippen LogP contribution in [0.2, 0.25) is 0 Å². The molecule has 0 radical (unpaired) electrons. The number of benzene rings is 3. The van der Waals surface area contributed by atoms with Crippen molar-refractivity contribution in [2.75, 3.05) is 0 Å². The summed E-state index contributed by atoms with van der Waals surface area (Å²) in [6, 6.07) is 29.6. The predicted octanol–water partition coefficient (Wildman–Crippen LogP) is 9.03. The summed E-state index contributed by atoms with van der Waals surface area (Å²) in [7, 11) is -2.53. The molecule has 3 aromatic carbocycles. The van der Waals surface area contributed by atoms with Crippen molar-refractivity contribution in [1.82, 2.24) is 0 Å². The molecule has 0 N–H and O–H groups in total. The molecule has 3 aromatic rings. The van der Waals surface area contributed by atoms with Gasteiger partial charge in [-0.1, -0.05) is 136 Å². The molecule has 212 valence electrons. The van der Waals surface area contributed by atoms with Crippen LogP contribution in [0.15, 0.2) is 94.7 Å². The van der Waals surface area contributed by atoms with Gasteiger partial charge in [0, 0.05) is 0 Å². The molecule has 0 nitrogen and oxygen atoms in total. The Balaban J connectivity index is 1.99. The van der Waals surface area contributed by atoms with Gasteiger partial charge in [0.25, 0.3) is 0 Å². The molecule has 0 aromatic heterocycles. The summed E-state index contributed by atoms with van der Waals surface area (Å²) in [6.45, 7) is 16.4. The molecule has 0 saturated carbocycles. The molecule has 0 bridgehead atoms. The van der Waals surface area contributed by atoms with Crippen molar-refractivity contribution in [2.45, 2.75) is 106 Å². The van der Waals surface area contributed by atoms with E-state index in [1.807, 2.05) is 0 Å². The van der Waals surface area contributed by atoms with Crippen LogP contribution >= 0.6 is 0 Å². The Morgan fingerprint density at radius 2 is 0.825 bits per heavy atom. The van der Waals surface area contributed by atoms with Crippen molar-refractivity contribution in [1.29, 1.82) is 0 Å². The minimum Gasteiger partial charge on any atom is -0.0654 e. The van der Waals surface area contributed by atoms with E-state index in [0.29, 0.717) is 5.92 Å². The van der Waals surface area contributed by atoms with Gasteiger partial charge >= 0.3 is 0 Å². The summed E-state index contributed by atoms with van der Waals surface area (Å²) in [4.78, 5) is 0. The Hall–Kier alpha value is -2.64. The maximum absolute atomic E-state index is 2.53. The van der Waals surface area contributed by atoms with Crippen LogP contribution in [0.25, 0.3) is 0 Å². The van der Waals surface area contributed by atoms with Crippen molar-refractivity contribution < 1.29 is 0 Å².